The van der Waals surface area contributed by atoms with Crippen molar-refractivity contribution >= 4 is 17.5 Å². The normalized spacial score (nSPS) is 21.6. The summed E-state index contributed by atoms with van der Waals surface area (Å²) in [7, 11) is 0. The van der Waals surface area contributed by atoms with Gasteiger partial charge in [0.25, 0.3) is 11.8 Å². The molecule has 1 spiro atoms. The van der Waals surface area contributed by atoms with Crippen LogP contribution in [0, 0.1) is 0 Å². The van der Waals surface area contributed by atoms with E-state index in [2.05, 4.69) is 47.6 Å². The Morgan fingerprint density at radius 1 is 0.718 bits per heavy atom. The van der Waals surface area contributed by atoms with E-state index in [1.807, 2.05) is 26.0 Å². The third-order valence-corrected chi connectivity index (χ3v) is 8.92. The van der Waals surface area contributed by atoms with Crippen molar-refractivity contribution in [1.29, 1.82) is 0 Å². The molecular formula is C34H39NO4. The molecule has 2 aliphatic carbocycles. The summed E-state index contributed by atoms with van der Waals surface area (Å²) in [6, 6.07) is 14.5. The number of phenols is 2. The van der Waals surface area contributed by atoms with E-state index >= 15 is 0 Å². The molecule has 0 fully saturated rings. The Hall–Kier alpha value is -3.60. The highest BCUT2D eigenvalue weighted by molar-refractivity contribution is 6.34. The third kappa shape index (κ3) is 3.65. The summed E-state index contributed by atoms with van der Waals surface area (Å²) < 4.78 is 0. The van der Waals surface area contributed by atoms with Crippen LogP contribution in [0.2, 0.25) is 0 Å². The van der Waals surface area contributed by atoms with Gasteiger partial charge in [0, 0.05) is 5.41 Å². The highest BCUT2D eigenvalue weighted by Gasteiger charge is 2.57. The summed E-state index contributed by atoms with van der Waals surface area (Å²) in [5, 5.41) is 22.3. The number of anilines is 1. The molecule has 1 unspecified atom stereocenters. The molecule has 39 heavy (non-hydrogen) atoms. The lowest BCUT2D eigenvalue weighted by atomic mass is 9.72. The highest BCUT2D eigenvalue weighted by Crippen LogP contribution is 2.64. The lowest BCUT2D eigenvalue weighted by Gasteiger charge is -2.30. The molecule has 0 radical (unpaired) electrons. The first-order valence-electron chi connectivity index (χ1n) is 14.0. The minimum absolute atomic E-state index is 0.0837. The minimum Gasteiger partial charge on any atom is -0.508 e. The second kappa shape index (κ2) is 8.70. The van der Waals surface area contributed by atoms with E-state index in [0.717, 1.165) is 40.0 Å². The van der Waals surface area contributed by atoms with Gasteiger partial charge in [-0.3, -0.25) is 9.59 Å². The van der Waals surface area contributed by atoms with Crippen molar-refractivity contribution in [3.05, 3.63) is 87.5 Å². The first-order valence-corrected chi connectivity index (χ1v) is 14.0. The maximum absolute atomic E-state index is 13.2. The number of carbonyl (C=O) groups excluding carboxylic acids is 2. The fraction of sp³-hybridized carbons (Fsp3) is 0.412. The first-order chi connectivity index (χ1) is 18.3. The van der Waals surface area contributed by atoms with Crippen molar-refractivity contribution in [3.8, 4) is 11.5 Å². The van der Waals surface area contributed by atoms with Crippen molar-refractivity contribution in [1.82, 2.24) is 0 Å². The molecule has 3 aromatic rings. The Morgan fingerprint density at radius 2 is 1.18 bits per heavy atom. The lowest BCUT2D eigenvalue weighted by Crippen LogP contribution is -2.30. The van der Waals surface area contributed by atoms with Crippen molar-refractivity contribution < 1.29 is 19.8 Å². The molecule has 1 aliphatic heterocycles. The molecule has 0 aromatic heterocycles. The van der Waals surface area contributed by atoms with Crippen LogP contribution in [-0.2, 0) is 16.2 Å². The zero-order chi connectivity index (χ0) is 28.7. The van der Waals surface area contributed by atoms with E-state index < -0.39 is 11.8 Å². The average Bonchev–Trinajstić information content (AvgIpc) is 3.35. The van der Waals surface area contributed by atoms with Gasteiger partial charge in [0.05, 0.1) is 16.8 Å². The Labute approximate surface area is 231 Å². The van der Waals surface area contributed by atoms with Gasteiger partial charge in [0.15, 0.2) is 0 Å². The van der Waals surface area contributed by atoms with E-state index in [9.17, 15) is 19.8 Å². The van der Waals surface area contributed by atoms with E-state index in [-0.39, 0.29) is 33.6 Å². The molecule has 6 rings (SSSR count). The van der Waals surface area contributed by atoms with Gasteiger partial charge in [-0.25, -0.2) is 4.90 Å². The maximum atomic E-state index is 13.2. The first kappa shape index (κ1) is 27.0. The van der Waals surface area contributed by atoms with Crippen LogP contribution in [-0.4, -0.2) is 22.0 Å². The summed E-state index contributed by atoms with van der Waals surface area (Å²) in [6.45, 7) is 17.0. The molecule has 0 bridgehead atoms. The number of fused-ring (bicyclic) bond motifs is 5. The van der Waals surface area contributed by atoms with Crippen LogP contribution in [0.4, 0.5) is 5.69 Å². The van der Waals surface area contributed by atoms with Crippen molar-refractivity contribution in [2.75, 3.05) is 4.90 Å². The molecule has 1 heterocycles. The van der Waals surface area contributed by atoms with Crippen molar-refractivity contribution in [2.24, 2.45) is 0 Å². The minimum atomic E-state index is -0.417. The molecule has 0 saturated carbocycles. The molecular weight excluding hydrogens is 486 g/mol. The van der Waals surface area contributed by atoms with Crippen LogP contribution in [0.5, 0.6) is 11.5 Å². The van der Waals surface area contributed by atoms with Crippen LogP contribution in [0.1, 0.15) is 123 Å². The van der Waals surface area contributed by atoms with Gasteiger partial charge < -0.3 is 10.2 Å². The molecule has 2 amide bonds. The van der Waals surface area contributed by atoms with Crippen LogP contribution < -0.4 is 4.90 Å². The number of carbonyl (C=O) groups is 2. The highest BCUT2D eigenvalue weighted by atomic mass is 16.3. The summed E-state index contributed by atoms with van der Waals surface area (Å²) in [5.74, 6) is -0.403. The second-order valence-corrected chi connectivity index (χ2v) is 12.7. The van der Waals surface area contributed by atoms with Gasteiger partial charge in [-0.05, 0) is 87.7 Å². The Bertz CT molecular complexity index is 1500. The summed E-state index contributed by atoms with van der Waals surface area (Å²) in [5.41, 5.74) is 5.48. The zero-order valence-corrected chi connectivity index (χ0v) is 24.3. The van der Waals surface area contributed by atoms with Gasteiger partial charge in [-0.15, -0.1) is 0 Å². The Morgan fingerprint density at radius 3 is 1.67 bits per heavy atom. The topological polar surface area (TPSA) is 77.8 Å². The van der Waals surface area contributed by atoms with Gasteiger partial charge in [-0.2, -0.15) is 0 Å². The number of aromatic hydroxyl groups is 2. The molecule has 3 aromatic carbocycles. The van der Waals surface area contributed by atoms with Gasteiger partial charge in [0.1, 0.15) is 11.5 Å². The van der Waals surface area contributed by atoms with Gasteiger partial charge in [-0.1, -0.05) is 73.6 Å². The maximum Gasteiger partial charge on any atom is 0.266 e. The van der Waals surface area contributed by atoms with Crippen molar-refractivity contribution in [2.45, 2.75) is 90.4 Å². The standard InChI is InChI=1S/C32H33NO4.C2H6/c1-17(2)20-11-21-23(13-26(20)34)32(15-30(21,3)4)16-31(5,6)22-12-25(27(35)14-24(22)32)33-28(36)18-9-7-8-10-19(18)29(33)37;1-2/h7-14,17,34-35H,15-16H2,1-6H3;1-2H3. The SMILES string of the molecule is CC.CC(C)c1cc2c(cc1O)C1(CC2(C)C)CC(C)(C)c2cc(N3C(=O)c4ccccc4C3=O)c(O)cc21. The van der Waals surface area contributed by atoms with E-state index in [1.165, 1.54) is 5.56 Å². The number of hydrogen-bond donors (Lipinski definition) is 2. The van der Waals surface area contributed by atoms with Gasteiger partial charge in [0.2, 0.25) is 0 Å². The summed E-state index contributed by atoms with van der Waals surface area (Å²) in [4.78, 5) is 27.5. The number of benzene rings is 3. The Balaban J connectivity index is 0.00000151. The van der Waals surface area contributed by atoms with E-state index in [4.69, 9.17) is 0 Å². The fourth-order valence-corrected chi connectivity index (χ4v) is 7.43. The molecule has 0 saturated heterocycles. The van der Waals surface area contributed by atoms with Crippen molar-refractivity contribution in [3.63, 3.8) is 0 Å². The third-order valence-electron chi connectivity index (χ3n) is 8.92. The number of phenolic OH excluding ortho intramolecular Hbond substituents is 2. The fourth-order valence-electron chi connectivity index (χ4n) is 7.43. The largest absolute Gasteiger partial charge is 0.508 e. The predicted octanol–water partition coefficient (Wildman–Crippen LogP) is 7.70. The molecule has 1 atom stereocenters. The number of amides is 2. The molecule has 204 valence electrons. The predicted molar refractivity (Wildman–Crippen MR) is 155 cm³/mol. The van der Waals surface area contributed by atoms with Crippen LogP contribution in [0.3, 0.4) is 0 Å². The summed E-state index contributed by atoms with van der Waals surface area (Å²) in [6.07, 6.45) is 1.65. The molecule has 2 N–H and O–H groups in total. The monoisotopic (exact) mass is 525 g/mol. The quantitative estimate of drug-likeness (QED) is 0.336. The Kier molecular flexibility index (Phi) is 6.02. The molecule has 3 aliphatic rings. The zero-order valence-electron chi connectivity index (χ0n) is 24.3. The average molecular weight is 526 g/mol. The van der Waals surface area contributed by atoms with Crippen LogP contribution >= 0.6 is 0 Å². The van der Waals surface area contributed by atoms with E-state index in [0.29, 0.717) is 16.9 Å². The lowest BCUT2D eigenvalue weighted by molar-refractivity contribution is 0.0925. The van der Waals surface area contributed by atoms with Gasteiger partial charge >= 0.3 is 0 Å². The summed E-state index contributed by atoms with van der Waals surface area (Å²) >= 11 is 0. The number of hydrogen-bond acceptors (Lipinski definition) is 4. The van der Waals surface area contributed by atoms with E-state index in [1.54, 1.807) is 30.3 Å². The second-order valence-electron chi connectivity index (χ2n) is 12.7. The smallest absolute Gasteiger partial charge is 0.266 e. The molecule has 5 heteroatoms. The number of nitrogens with zero attached hydrogens (tertiary/aromatic N) is 1. The number of imide groups is 1. The van der Waals surface area contributed by atoms with Crippen LogP contribution in [0.15, 0.2) is 48.5 Å². The number of rotatable bonds is 2. The molecule has 5 nitrogen and oxygen atoms in total. The van der Waals surface area contributed by atoms with Crippen LogP contribution in [0.25, 0.3) is 0 Å².